The van der Waals surface area contributed by atoms with Crippen LogP contribution in [-0.4, -0.2) is 22.9 Å². The third kappa shape index (κ3) is 2.89. The van der Waals surface area contributed by atoms with E-state index in [1.54, 1.807) is 24.3 Å². The molecule has 7 heteroatoms. The molecule has 2 N–H and O–H groups in total. The van der Waals surface area contributed by atoms with Crippen LogP contribution >= 0.6 is 0 Å². The van der Waals surface area contributed by atoms with Crippen LogP contribution in [0.2, 0.25) is 0 Å². The van der Waals surface area contributed by atoms with Gasteiger partial charge < -0.3 is 10.6 Å². The Labute approximate surface area is 114 Å². The Hall–Kier alpha value is -2.96. The minimum Gasteiger partial charge on any atom is -0.355 e. The topological polar surface area (TPSA) is 97.2 Å². The average Bonchev–Trinajstić information content (AvgIpc) is 2.47. The molecule has 20 heavy (non-hydrogen) atoms. The molecule has 0 fully saturated rings. The number of benzene rings is 1. The standard InChI is InChI=1S/C13H12N4O3/c1-14-13(18)9-7-11(17(19)20)12(15-8-9)16-10-5-3-2-4-6-10/h2-8H,1H3,(H,14,18)(H,15,16). The molecule has 102 valence electrons. The van der Waals surface area contributed by atoms with Crippen molar-refractivity contribution in [2.45, 2.75) is 0 Å². The van der Waals surface area contributed by atoms with Crippen molar-refractivity contribution in [3.63, 3.8) is 0 Å². The summed E-state index contributed by atoms with van der Waals surface area (Å²) in [6, 6.07) is 10.1. The molecule has 2 aromatic rings. The Balaban J connectivity index is 2.38. The zero-order valence-corrected chi connectivity index (χ0v) is 10.7. The number of hydrogen-bond donors (Lipinski definition) is 2. The number of anilines is 2. The van der Waals surface area contributed by atoms with Crippen LogP contribution in [0.5, 0.6) is 0 Å². The summed E-state index contributed by atoms with van der Waals surface area (Å²) in [5.74, 6) is -0.333. The zero-order valence-electron chi connectivity index (χ0n) is 10.7. The lowest BCUT2D eigenvalue weighted by atomic mass is 10.2. The third-order valence-electron chi connectivity index (χ3n) is 2.59. The summed E-state index contributed by atoms with van der Waals surface area (Å²) in [4.78, 5) is 25.9. The highest BCUT2D eigenvalue weighted by Gasteiger charge is 2.18. The van der Waals surface area contributed by atoms with Crippen LogP contribution in [0.4, 0.5) is 17.2 Å². The van der Waals surface area contributed by atoms with E-state index in [0.717, 1.165) is 0 Å². The molecule has 1 heterocycles. The number of para-hydroxylation sites is 1. The van der Waals surface area contributed by atoms with Gasteiger partial charge in [-0.2, -0.15) is 0 Å². The van der Waals surface area contributed by atoms with Crippen molar-refractivity contribution in [1.82, 2.24) is 10.3 Å². The maximum Gasteiger partial charge on any atom is 0.312 e. The van der Waals surface area contributed by atoms with Gasteiger partial charge in [-0.1, -0.05) is 18.2 Å². The van der Waals surface area contributed by atoms with Crippen molar-refractivity contribution in [1.29, 1.82) is 0 Å². The highest BCUT2D eigenvalue weighted by molar-refractivity contribution is 5.94. The monoisotopic (exact) mass is 272 g/mol. The Morgan fingerprint density at radius 3 is 2.60 bits per heavy atom. The molecule has 0 bridgehead atoms. The van der Waals surface area contributed by atoms with Crippen molar-refractivity contribution >= 4 is 23.1 Å². The van der Waals surface area contributed by atoms with Crippen LogP contribution in [0.3, 0.4) is 0 Å². The molecule has 0 aliphatic rings. The number of amides is 1. The molecule has 0 unspecified atom stereocenters. The quantitative estimate of drug-likeness (QED) is 0.656. The second kappa shape index (κ2) is 5.79. The number of nitrogens with one attached hydrogen (secondary N) is 2. The van der Waals surface area contributed by atoms with Crippen molar-refractivity contribution in [3.8, 4) is 0 Å². The van der Waals surface area contributed by atoms with Gasteiger partial charge in [0.1, 0.15) is 0 Å². The van der Waals surface area contributed by atoms with Crippen LogP contribution in [0, 0.1) is 10.1 Å². The molecule has 0 spiro atoms. The molecule has 1 amide bonds. The number of rotatable bonds is 4. The van der Waals surface area contributed by atoms with Gasteiger partial charge in [0.15, 0.2) is 0 Å². The molecule has 0 saturated heterocycles. The van der Waals surface area contributed by atoms with Crippen molar-refractivity contribution in [3.05, 3.63) is 58.3 Å². The summed E-state index contributed by atoms with van der Waals surface area (Å²) in [6.45, 7) is 0. The molecule has 7 nitrogen and oxygen atoms in total. The minimum absolute atomic E-state index is 0.0915. The predicted molar refractivity (Wildman–Crippen MR) is 74.0 cm³/mol. The van der Waals surface area contributed by atoms with Gasteiger partial charge in [0.2, 0.25) is 5.82 Å². The summed E-state index contributed by atoms with van der Waals surface area (Å²) in [5, 5.41) is 16.3. The summed E-state index contributed by atoms with van der Waals surface area (Å²) >= 11 is 0. The average molecular weight is 272 g/mol. The second-order valence-corrected chi connectivity index (χ2v) is 3.92. The van der Waals surface area contributed by atoms with Crippen LogP contribution in [0.25, 0.3) is 0 Å². The molecule has 1 aromatic heterocycles. The first kappa shape index (κ1) is 13.5. The van der Waals surface area contributed by atoms with Crippen LogP contribution < -0.4 is 10.6 Å². The molecule has 2 rings (SSSR count). The minimum atomic E-state index is -0.579. The Bertz CT molecular complexity index is 643. The number of nitrogens with zero attached hydrogens (tertiary/aromatic N) is 2. The van der Waals surface area contributed by atoms with Crippen LogP contribution in [0.15, 0.2) is 42.6 Å². The van der Waals surface area contributed by atoms with Gasteiger partial charge in [-0.05, 0) is 12.1 Å². The first-order chi connectivity index (χ1) is 9.61. The van der Waals surface area contributed by atoms with Crippen LogP contribution in [-0.2, 0) is 0 Å². The summed E-state index contributed by atoms with van der Waals surface area (Å²) in [6.07, 6.45) is 1.29. The van der Waals surface area contributed by atoms with E-state index in [0.29, 0.717) is 5.69 Å². The van der Waals surface area contributed by atoms with Gasteiger partial charge in [0, 0.05) is 25.0 Å². The summed E-state index contributed by atoms with van der Waals surface area (Å²) < 4.78 is 0. The van der Waals surface area contributed by atoms with Gasteiger partial charge in [-0.3, -0.25) is 14.9 Å². The highest BCUT2D eigenvalue weighted by Crippen LogP contribution is 2.25. The van der Waals surface area contributed by atoms with Crippen molar-refractivity contribution in [2.24, 2.45) is 0 Å². The fourth-order valence-corrected chi connectivity index (χ4v) is 1.62. The lowest BCUT2D eigenvalue weighted by molar-refractivity contribution is -0.384. The molecular formula is C13H12N4O3. The maximum absolute atomic E-state index is 11.5. The Morgan fingerprint density at radius 2 is 2.00 bits per heavy atom. The first-order valence-electron chi connectivity index (χ1n) is 5.80. The fourth-order valence-electron chi connectivity index (χ4n) is 1.62. The SMILES string of the molecule is CNC(=O)c1cnc(Nc2ccccc2)c([N+](=O)[O-])c1. The molecule has 0 aliphatic heterocycles. The number of nitro groups is 1. The van der Waals surface area contributed by atoms with E-state index < -0.39 is 10.8 Å². The van der Waals surface area contributed by atoms with Crippen molar-refractivity contribution < 1.29 is 9.72 Å². The molecule has 0 atom stereocenters. The summed E-state index contributed by atoms with van der Waals surface area (Å²) in [5.41, 5.74) is 0.559. The van der Waals surface area contributed by atoms with E-state index in [-0.39, 0.29) is 17.1 Å². The number of carbonyl (C=O) groups is 1. The number of hydrogen-bond acceptors (Lipinski definition) is 5. The number of pyridine rings is 1. The van der Waals surface area contributed by atoms with E-state index in [1.165, 1.54) is 19.3 Å². The largest absolute Gasteiger partial charge is 0.355 e. The lowest BCUT2D eigenvalue weighted by Gasteiger charge is -2.07. The van der Waals surface area contributed by atoms with Gasteiger partial charge >= 0.3 is 5.69 Å². The normalized spacial score (nSPS) is 9.85. The second-order valence-electron chi connectivity index (χ2n) is 3.92. The van der Waals surface area contributed by atoms with Gasteiger partial charge in [0.25, 0.3) is 5.91 Å². The molecule has 0 aliphatic carbocycles. The molecule has 1 aromatic carbocycles. The molecule has 0 radical (unpaired) electrons. The molecular weight excluding hydrogens is 260 g/mol. The third-order valence-corrected chi connectivity index (χ3v) is 2.59. The van der Waals surface area contributed by atoms with E-state index in [4.69, 9.17) is 0 Å². The summed E-state index contributed by atoms with van der Waals surface area (Å²) in [7, 11) is 1.45. The first-order valence-corrected chi connectivity index (χ1v) is 5.80. The van der Waals surface area contributed by atoms with Crippen molar-refractivity contribution in [2.75, 3.05) is 12.4 Å². The number of aromatic nitrogens is 1. The zero-order chi connectivity index (χ0) is 14.5. The van der Waals surface area contributed by atoms with Gasteiger partial charge in [0.05, 0.1) is 10.5 Å². The smallest absolute Gasteiger partial charge is 0.312 e. The van der Waals surface area contributed by atoms with E-state index in [2.05, 4.69) is 15.6 Å². The lowest BCUT2D eigenvalue weighted by Crippen LogP contribution is -2.18. The van der Waals surface area contributed by atoms with Gasteiger partial charge in [-0.25, -0.2) is 4.98 Å². The highest BCUT2D eigenvalue weighted by atomic mass is 16.6. The van der Waals surface area contributed by atoms with E-state index >= 15 is 0 Å². The van der Waals surface area contributed by atoms with Gasteiger partial charge in [-0.15, -0.1) is 0 Å². The van der Waals surface area contributed by atoms with E-state index in [9.17, 15) is 14.9 Å². The number of carbonyl (C=O) groups excluding carboxylic acids is 1. The fraction of sp³-hybridized carbons (Fsp3) is 0.0769. The Kier molecular flexibility index (Phi) is 3.90. The molecule has 0 saturated carbocycles. The van der Waals surface area contributed by atoms with E-state index in [1.807, 2.05) is 6.07 Å². The Morgan fingerprint density at radius 1 is 1.30 bits per heavy atom. The maximum atomic E-state index is 11.5. The van der Waals surface area contributed by atoms with Crippen LogP contribution in [0.1, 0.15) is 10.4 Å². The predicted octanol–water partition coefficient (Wildman–Crippen LogP) is 2.09.